The van der Waals surface area contributed by atoms with Gasteiger partial charge < -0.3 is 15.0 Å². The van der Waals surface area contributed by atoms with Gasteiger partial charge in [0.1, 0.15) is 5.75 Å². The average molecular weight is 246 g/mol. The first-order valence-electron chi connectivity index (χ1n) is 6.97. The molecule has 0 radical (unpaired) electrons. The summed E-state index contributed by atoms with van der Waals surface area (Å²) in [6, 6.07) is 8.43. The highest BCUT2D eigenvalue weighted by atomic mass is 16.5. The van der Waals surface area contributed by atoms with Crippen LogP contribution in [-0.2, 0) is 0 Å². The number of para-hydroxylation sites is 2. The Morgan fingerprint density at radius 1 is 1.22 bits per heavy atom. The number of nitrogens with zero attached hydrogens (tertiary/aromatic N) is 1. The molecule has 2 fully saturated rings. The van der Waals surface area contributed by atoms with Crippen LogP contribution in [0, 0.1) is 0 Å². The molecule has 0 atom stereocenters. The molecule has 98 valence electrons. The Morgan fingerprint density at radius 2 is 2.00 bits per heavy atom. The van der Waals surface area contributed by atoms with Crippen molar-refractivity contribution in [3.05, 3.63) is 24.3 Å². The van der Waals surface area contributed by atoms with E-state index in [4.69, 9.17) is 4.74 Å². The van der Waals surface area contributed by atoms with Crippen LogP contribution in [0.25, 0.3) is 0 Å². The second-order valence-electron chi connectivity index (χ2n) is 5.43. The van der Waals surface area contributed by atoms with Gasteiger partial charge in [0.25, 0.3) is 0 Å². The summed E-state index contributed by atoms with van der Waals surface area (Å²) in [6.07, 6.45) is 5.32. The van der Waals surface area contributed by atoms with E-state index in [-0.39, 0.29) is 0 Å². The lowest BCUT2D eigenvalue weighted by molar-refractivity contribution is 0.326. The van der Waals surface area contributed by atoms with Crippen molar-refractivity contribution >= 4 is 5.69 Å². The largest absolute Gasteiger partial charge is 0.495 e. The predicted molar refractivity (Wildman–Crippen MR) is 74.4 cm³/mol. The molecule has 1 aliphatic carbocycles. The van der Waals surface area contributed by atoms with E-state index in [2.05, 4.69) is 28.4 Å². The van der Waals surface area contributed by atoms with E-state index in [1.807, 2.05) is 6.07 Å². The maximum absolute atomic E-state index is 5.54. The molecule has 1 spiro atoms. The van der Waals surface area contributed by atoms with Gasteiger partial charge in [-0.05, 0) is 25.0 Å². The zero-order valence-electron chi connectivity index (χ0n) is 11.1. The minimum atomic E-state index is 0.326. The van der Waals surface area contributed by atoms with Crippen LogP contribution in [0.2, 0.25) is 0 Å². The van der Waals surface area contributed by atoms with Crippen molar-refractivity contribution in [2.24, 2.45) is 0 Å². The molecule has 1 heterocycles. The third-order valence-corrected chi connectivity index (χ3v) is 4.45. The van der Waals surface area contributed by atoms with Crippen molar-refractivity contribution in [3.63, 3.8) is 0 Å². The molecule has 0 aromatic heterocycles. The van der Waals surface area contributed by atoms with Gasteiger partial charge in [-0.2, -0.15) is 0 Å². The van der Waals surface area contributed by atoms with Gasteiger partial charge >= 0.3 is 0 Å². The quantitative estimate of drug-likeness (QED) is 0.867. The number of hydrogen-bond acceptors (Lipinski definition) is 3. The summed E-state index contributed by atoms with van der Waals surface area (Å²) in [4.78, 5) is 2.59. The van der Waals surface area contributed by atoms with Crippen molar-refractivity contribution in [2.75, 3.05) is 31.6 Å². The lowest BCUT2D eigenvalue weighted by atomic mass is 9.92. The maximum atomic E-state index is 5.54. The van der Waals surface area contributed by atoms with Crippen LogP contribution in [-0.4, -0.2) is 32.3 Å². The van der Waals surface area contributed by atoms with Crippen LogP contribution in [0.4, 0.5) is 5.69 Å². The smallest absolute Gasteiger partial charge is 0.142 e. The standard InChI is InChI=1S/C15H22N2O/c1-18-14-7-3-2-6-13(14)17-11-10-16-12-15(17)8-4-5-9-15/h2-3,6-7,16H,4-5,8-12H2,1H3. The van der Waals surface area contributed by atoms with E-state index in [0.29, 0.717) is 5.54 Å². The predicted octanol–water partition coefficient (Wildman–Crippen LogP) is 2.42. The topological polar surface area (TPSA) is 24.5 Å². The zero-order chi connectivity index (χ0) is 12.4. The molecule has 1 aromatic rings. The summed E-state index contributed by atoms with van der Waals surface area (Å²) in [5.74, 6) is 1.01. The molecule has 3 rings (SSSR count). The second-order valence-corrected chi connectivity index (χ2v) is 5.43. The summed E-state index contributed by atoms with van der Waals surface area (Å²) in [5.41, 5.74) is 1.59. The summed E-state index contributed by atoms with van der Waals surface area (Å²) < 4.78 is 5.54. The third kappa shape index (κ3) is 1.87. The fourth-order valence-corrected chi connectivity index (χ4v) is 3.55. The number of rotatable bonds is 2. The molecular formula is C15H22N2O. The molecule has 1 saturated heterocycles. The second kappa shape index (κ2) is 4.81. The van der Waals surface area contributed by atoms with Crippen molar-refractivity contribution < 1.29 is 4.74 Å². The molecule has 0 bridgehead atoms. The van der Waals surface area contributed by atoms with Crippen LogP contribution in [0.5, 0.6) is 5.75 Å². The fraction of sp³-hybridized carbons (Fsp3) is 0.600. The van der Waals surface area contributed by atoms with E-state index < -0.39 is 0 Å². The molecule has 18 heavy (non-hydrogen) atoms. The molecule has 1 aromatic carbocycles. The zero-order valence-corrected chi connectivity index (χ0v) is 11.1. The van der Waals surface area contributed by atoms with E-state index in [0.717, 1.165) is 25.4 Å². The van der Waals surface area contributed by atoms with Gasteiger partial charge in [-0.25, -0.2) is 0 Å². The van der Waals surface area contributed by atoms with Gasteiger partial charge in [0.2, 0.25) is 0 Å². The number of nitrogens with one attached hydrogen (secondary N) is 1. The Labute approximate surface area is 109 Å². The van der Waals surface area contributed by atoms with Gasteiger partial charge in [-0.1, -0.05) is 25.0 Å². The summed E-state index contributed by atoms with van der Waals surface area (Å²) >= 11 is 0. The molecule has 3 heteroatoms. The maximum Gasteiger partial charge on any atom is 0.142 e. The highest BCUT2D eigenvalue weighted by Gasteiger charge is 2.41. The number of methoxy groups -OCH3 is 1. The minimum absolute atomic E-state index is 0.326. The van der Waals surface area contributed by atoms with Crippen LogP contribution in [0.1, 0.15) is 25.7 Å². The number of piperazine rings is 1. The van der Waals surface area contributed by atoms with Gasteiger partial charge in [0, 0.05) is 19.6 Å². The fourth-order valence-electron chi connectivity index (χ4n) is 3.55. The minimum Gasteiger partial charge on any atom is -0.495 e. The van der Waals surface area contributed by atoms with E-state index in [9.17, 15) is 0 Å². The van der Waals surface area contributed by atoms with Crippen molar-refractivity contribution in [3.8, 4) is 5.75 Å². The SMILES string of the molecule is COc1ccccc1N1CCNCC12CCCC2. The Morgan fingerprint density at radius 3 is 2.78 bits per heavy atom. The van der Waals surface area contributed by atoms with Gasteiger partial charge in [-0.15, -0.1) is 0 Å². The Kier molecular flexibility index (Phi) is 3.16. The normalized spacial score (nSPS) is 22.4. The first-order valence-corrected chi connectivity index (χ1v) is 6.97. The van der Waals surface area contributed by atoms with Crippen LogP contribution in [0.3, 0.4) is 0 Å². The van der Waals surface area contributed by atoms with Gasteiger partial charge in [-0.3, -0.25) is 0 Å². The third-order valence-electron chi connectivity index (χ3n) is 4.45. The lowest BCUT2D eigenvalue weighted by Gasteiger charge is -2.47. The van der Waals surface area contributed by atoms with Crippen LogP contribution in [0.15, 0.2) is 24.3 Å². The highest BCUT2D eigenvalue weighted by Crippen LogP contribution is 2.41. The molecule has 0 unspecified atom stereocenters. The van der Waals surface area contributed by atoms with Crippen LogP contribution < -0.4 is 15.0 Å². The number of hydrogen-bond donors (Lipinski definition) is 1. The Hall–Kier alpha value is -1.22. The first kappa shape index (κ1) is 11.8. The number of benzene rings is 1. The van der Waals surface area contributed by atoms with Crippen LogP contribution >= 0.6 is 0 Å². The molecular weight excluding hydrogens is 224 g/mol. The summed E-state index contributed by atoms with van der Waals surface area (Å²) in [6.45, 7) is 3.27. The molecule has 1 saturated carbocycles. The first-order chi connectivity index (χ1) is 8.86. The monoisotopic (exact) mass is 246 g/mol. The summed E-state index contributed by atoms with van der Waals surface area (Å²) in [7, 11) is 1.77. The van der Waals surface area contributed by atoms with E-state index in [1.165, 1.54) is 31.4 Å². The van der Waals surface area contributed by atoms with E-state index >= 15 is 0 Å². The van der Waals surface area contributed by atoms with Crippen molar-refractivity contribution in [1.29, 1.82) is 0 Å². The molecule has 1 aliphatic heterocycles. The molecule has 3 nitrogen and oxygen atoms in total. The van der Waals surface area contributed by atoms with Crippen molar-refractivity contribution in [1.82, 2.24) is 5.32 Å². The number of anilines is 1. The van der Waals surface area contributed by atoms with E-state index in [1.54, 1.807) is 7.11 Å². The molecule has 1 N–H and O–H groups in total. The molecule has 0 amide bonds. The Bertz CT molecular complexity index is 413. The number of ether oxygens (including phenoxy) is 1. The molecule has 2 aliphatic rings. The lowest BCUT2D eigenvalue weighted by Crippen LogP contribution is -2.60. The Balaban J connectivity index is 1.97. The van der Waals surface area contributed by atoms with Gasteiger partial charge in [0.15, 0.2) is 0 Å². The highest BCUT2D eigenvalue weighted by molar-refractivity contribution is 5.61. The van der Waals surface area contributed by atoms with Crippen molar-refractivity contribution in [2.45, 2.75) is 31.2 Å². The summed E-state index contributed by atoms with van der Waals surface area (Å²) in [5, 5.41) is 3.57. The van der Waals surface area contributed by atoms with Gasteiger partial charge in [0.05, 0.1) is 18.3 Å². The average Bonchev–Trinajstić information content (AvgIpc) is 2.88.